The predicted molar refractivity (Wildman–Crippen MR) is 72.2 cm³/mol. The quantitative estimate of drug-likeness (QED) is 0.741. The summed E-state index contributed by atoms with van der Waals surface area (Å²) in [5, 5.41) is 7.67. The number of hydrogen-bond acceptors (Lipinski definition) is 5. The number of H-pyrrole nitrogens is 1. The Hall–Kier alpha value is -2.32. The zero-order chi connectivity index (χ0) is 14.0. The minimum atomic E-state index is -3.63. The third-order valence-corrected chi connectivity index (χ3v) is 4.28. The predicted octanol–water partition coefficient (Wildman–Crippen LogP) is 0.831. The van der Waals surface area contributed by atoms with Crippen molar-refractivity contribution in [3.63, 3.8) is 0 Å². The molecule has 2 aromatic heterocycles. The van der Waals surface area contributed by atoms with Crippen molar-refractivity contribution in [2.24, 2.45) is 0 Å². The molecule has 102 valence electrons. The molecular formula is C12H11N5O2S. The molecule has 3 aromatic rings. The summed E-state index contributed by atoms with van der Waals surface area (Å²) in [6.07, 6.45) is 4.52. The molecular weight excluding hydrogens is 278 g/mol. The molecule has 0 aliphatic heterocycles. The van der Waals surface area contributed by atoms with Crippen molar-refractivity contribution in [1.82, 2.24) is 24.9 Å². The van der Waals surface area contributed by atoms with Gasteiger partial charge in [-0.05, 0) is 12.1 Å². The van der Waals surface area contributed by atoms with Gasteiger partial charge < -0.3 is 0 Å². The van der Waals surface area contributed by atoms with Gasteiger partial charge in [0.05, 0.1) is 11.4 Å². The molecule has 0 aliphatic rings. The number of aromatic amines is 1. The zero-order valence-electron chi connectivity index (χ0n) is 10.3. The first kappa shape index (κ1) is 12.7. The van der Waals surface area contributed by atoms with E-state index < -0.39 is 10.0 Å². The van der Waals surface area contributed by atoms with Crippen molar-refractivity contribution in [3.8, 4) is 0 Å². The first-order valence-corrected chi connectivity index (χ1v) is 7.32. The minimum Gasteiger partial charge on any atom is -0.264 e. The van der Waals surface area contributed by atoms with Crippen LogP contribution in [0.25, 0.3) is 10.8 Å². The number of fused-ring (bicyclic) bond motifs is 1. The molecule has 20 heavy (non-hydrogen) atoms. The third kappa shape index (κ3) is 2.38. The molecule has 0 amide bonds. The number of pyridine rings is 1. The van der Waals surface area contributed by atoms with Crippen molar-refractivity contribution in [2.45, 2.75) is 11.4 Å². The fourth-order valence-electron chi connectivity index (χ4n) is 1.88. The minimum absolute atomic E-state index is 0.0593. The van der Waals surface area contributed by atoms with Gasteiger partial charge in [-0.25, -0.2) is 18.1 Å². The van der Waals surface area contributed by atoms with E-state index in [1.807, 2.05) is 6.07 Å². The van der Waals surface area contributed by atoms with Crippen LogP contribution >= 0.6 is 0 Å². The molecule has 2 N–H and O–H groups in total. The van der Waals surface area contributed by atoms with Crippen molar-refractivity contribution in [2.75, 3.05) is 0 Å². The summed E-state index contributed by atoms with van der Waals surface area (Å²) in [6, 6.07) is 6.74. The second-order valence-electron chi connectivity index (χ2n) is 4.11. The highest BCUT2D eigenvalue weighted by Gasteiger charge is 2.17. The van der Waals surface area contributed by atoms with Crippen LogP contribution in [0.4, 0.5) is 0 Å². The van der Waals surface area contributed by atoms with Crippen molar-refractivity contribution < 1.29 is 8.42 Å². The Morgan fingerprint density at radius 3 is 2.95 bits per heavy atom. The van der Waals surface area contributed by atoms with Crippen LogP contribution in [0.2, 0.25) is 0 Å². The number of nitrogens with zero attached hydrogens (tertiary/aromatic N) is 3. The zero-order valence-corrected chi connectivity index (χ0v) is 11.1. The van der Waals surface area contributed by atoms with Crippen molar-refractivity contribution in [3.05, 3.63) is 48.8 Å². The molecule has 1 aromatic carbocycles. The van der Waals surface area contributed by atoms with Crippen molar-refractivity contribution in [1.29, 1.82) is 0 Å². The lowest BCUT2D eigenvalue weighted by molar-refractivity contribution is 0.580. The Bertz CT molecular complexity index is 825. The van der Waals surface area contributed by atoms with E-state index >= 15 is 0 Å². The standard InChI is InChI=1S/C12H11N5O2S/c18-20(19,16-7-12-14-8-15-17-12)11-3-1-2-9-6-13-5-4-10(9)11/h1-6,8,16H,7H2,(H,14,15,17). The van der Waals surface area contributed by atoms with Crippen LogP contribution in [0.15, 0.2) is 47.9 Å². The molecule has 0 atom stereocenters. The molecule has 0 bridgehead atoms. The number of sulfonamides is 1. The van der Waals surface area contributed by atoms with Crippen LogP contribution in [0.1, 0.15) is 5.82 Å². The summed E-state index contributed by atoms with van der Waals surface area (Å²) in [5.74, 6) is 0.454. The average Bonchev–Trinajstić information content (AvgIpc) is 2.98. The van der Waals surface area contributed by atoms with Gasteiger partial charge in [-0.15, -0.1) is 0 Å². The molecule has 0 unspecified atom stereocenters. The topological polar surface area (TPSA) is 101 Å². The van der Waals surface area contributed by atoms with E-state index in [1.54, 1.807) is 30.6 Å². The Balaban J connectivity index is 1.97. The third-order valence-electron chi connectivity index (χ3n) is 2.82. The van der Waals surface area contributed by atoms with Gasteiger partial charge in [0.1, 0.15) is 12.2 Å². The molecule has 0 aliphatic carbocycles. The number of rotatable bonds is 4. The van der Waals surface area contributed by atoms with Gasteiger partial charge in [-0.1, -0.05) is 12.1 Å². The van der Waals surface area contributed by atoms with Crippen molar-refractivity contribution >= 4 is 20.8 Å². The molecule has 0 radical (unpaired) electrons. The van der Waals surface area contributed by atoms with E-state index in [0.29, 0.717) is 11.2 Å². The molecule has 0 spiro atoms. The lowest BCUT2D eigenvalue weighted by atomic mass is 10.2. The fourth-order valence-corrected chi connectivity index (χ4v) is 3.10. The van der Waals surface area contributed by atoms with Gasteiger partial charge in [-0.2, -0.15) is 5.10 Å². The molecule has 7 nitrogen and oxygen atoms in total. The van der Waals surface area contributed by atoms with Crippen LogP contribution in [0.5, 0.6) is 0 Å². The van der Waals surface area contributed by atoms with Crippen LogP contribution < -0.4 is 4.72 Å². The van der Waals surface area contributed by atoms with E-state index in [1.165, 1.54) is 6.33 Å². The van der Waals surface area contributed by atoms with Gasteiger partial charge >= 0.3 is 0 Å². The number of hydrogen-bond donors (Lipinski definition) is 2. The fraction of sp³-hybridized carbons (Fsp3) is 0.0833. The highest BCUT2D eigenvalue weighted by Crippen LogP contribution is 2.21. The van der Waals surface area contributed by atoms with E-state index in [9.17, 15) is 8.42 Å². The summed E-state index contributed by atoms with van der Waals surface area (Å²) < 4.78 is 27.2. The SMILES string of the molecule is O=S(=O)(NCc1ncn[nH]1)c1cccc2cnccc12. The van der Waals surface area contributed by atoms with E-state index in [0.717, 1.165) is 5.39 Å². The van der Waals surface area contributed by atoms with Gasteiger partial charge in [0.25, 0.3) is 0 Å². The highest BCUT2D eigenvalue weighted by atomic mass is 32.2. The van der Waals surface area contributed by atoms with Crippen LogP contribution in [0, 0.1) is 0 Å². The number of aromatic nitrogens is 4. The van der Waals surface area contributed by atoms with E-state index in [4.69, 9.17) is 0 Å². The normalized spacial score (nSPS) is 11.8. The van der Waals surface area contributed by atoms with E-state index in [2.05, 4.69) is 24.9 Å². The summed E-state index contributed by atoms with van der Waals surface area (Å²) in [4.78, 5) is 8.08. The summed E-state index contributed by atoms with van der Waals surface area (Å²) in [5.41, 5.74) is 0. The average molecular weight is 289 g/mol. The maximum atomic E-state index is 12.3. The smallest absolute Gasteiger partial charge is 0.241 e. The summed E-state index contributed by atoms with van der Waals surface area (Å²) in [7, 11) is -3.63. The summed E-state index contributed by atoms with van der Waals surface area (Å²) in [6.45, 7) is 0.0593. The highest BCUT2D eigenvalue weighted by molar-refractivity contribution is 7.89. The lowest BCUT2D eigenvalue weighted by Gasteiger charge is -2.08. The number of nitrogens with one attached hydrogen (secondary N) is 2. The van der Waals surface area contributed by atoms with Gasteiger partial charge in [0.2, 0.25) is 10.0 Å². The Morgan fingerprint density at radius 2 is 2.15 bits per heavy atom. The monoisotopic (exact) mass is 289 g/mol. The maximum absolute atomic E-state index is 12.3. The molecule has 8 heteroatoms. The van der Waals surface area contributed by atoms with Crippen LogP contribution in [0.3, 0.4) is 0 Å². The Labute approximate surface area is 115 Å². The first-order chi connectivity index (χ1) is 9.67. The molecule has 3 rings (SSSR count). The molecule has 0 saturated heterocycles. The van der Waals surface area contributed by atoms with Gasteiger partial charge in [-0.3, -0.25) is 10.1 Å². The first-order valence-electron chi connectivity index (χ1n) is 5.83. The van der Waals surface area contributed by atoms with Gasteiger partial charge in [0, 0.05) is 23.2 Å². The second-order valence-corrected chi connectivity index (χ2v) is 5.85. The Morgan fingerprint density at radius 1 is 1.25 bits per heavy atom. The largest absolute Gasteiger partial charge is 0.264 e. The Kier molecular flexibility index (Phi) is 3.17. The van der Waals surface area contributed by atoms with E-state index in [-0.39, 0.29) is 11.4 Å². The van der Waals surface area contributed by atoms with Crippen LogP contribution in [-0.4, -0.2) is 28.6 Å². The molecule has 0 fully saturated rings. The molecule has 2 heterocycles. The van der Waals surface area contributed by atoms with Crippen LogP contribution in [-0.2, 0) is 16.6 Å². The van der Waals surface area contributed by atoms with Gasteiger partial charge in [0.15, 0.2) is 0 Å². The lowest BCUT2D eigenvalue weighted by Crippen LogP contribution is -2.24. The molecule has 0 saturated carbocycles. The summed E-state index contributed by atoms with van der Waals surface area (Å²) >= 11 is 0. The maximum Gasteiger partial charge on any atom is 0.241 e. The second kappa shape index (κ2) is 4.99. The number of benzene rings is 1.